The number of rotatable bonds is 4. The van der Waals surface area contributed by atoms with E-state index in [0.29, 0.717) is 10.6 Å². The summed E-state index contributed by atoms with van der Waals surface area (Å²) in [5, 5.41) is 2.11. The van der Waals surface area contributed by atoms with Gasteiger partial charge in [-0.15, -0.1) is 0 Å². The van der Waals surface area contributed by atoms with Gasteiger partial charge in [0.15, 0.2) is 0 Å². The molecule has 1 aliphatic rings. The fourth-order valence-corrected chi connectivity index (χ4v) is 3.74. The first-order valence-corrected chi connectivity index (χ1v) is 9.49. The second kappa shape index (κ2) is 6.91. The summed E-state index contributed by atoms with van der Waals surface area (Å²) in [4.78, 5) is 22.9. The van der Waals surface area contributed by atoms with Crippen LogP contribution in [0.3, 0.4) is 0 Å². The lowest BCUT2D eigenvalue weighted by molar-refractivity contribution is -0.115. The zero-order chi connectivity index (χ0) is 18.0. The van der Waals surface area contributed by atoms with Crippen LogP contribution in [0.2, 0.25) is 5.02 Å². The van der Waals surface area contributed by atoms with Gasteiger partial charge in [0.2, 0.25) is 0 Å². The first-order chi connectivity index (χ1) is 11.8. The quantitative estimate of drug-likeness (QED) is 0.630. The maximum absolute atomic E-state index is 12.3. The van der Waals surface area contributed by atoms with Gasteiger partial charge in [0.25, 0.3) is 11.1 Å². The van der Waals surface area contributed by atoms with Crippen molar-refractivity contribution in [3.8, 4) is 5.75 Å². The van der Waals surface area contributed by atoms with Crippen molar-refractivity contribution < 1.29 is 22.2 Å². The number of hydrogen-bond donors (Lipinski definition) is 1. The molecule has 0 unspecified atom stereocenters. The Hall–Kier alpha value is -2.29. The molecule has 0 atom stereocenters. The molecule has 2 amide bonds. The highest BCUT2D eigenvalue weighted by molar-refractivity contribution is 8.18. The van der Waals surface area contributed by atoms with Gasteiger partial charge in [-0.2, -0.15) is 8.42 Å². The Morgan fingerprint density at radius 2 is 1.80 bits per heavy atom. The average Bonchev–Trinajstić information content (AvgIpc) is 2.85. The van der Waals surface area contributed by atoms with E-state index in [2.05, 4.69) is 5.32 Å². The van der Waals surface area contributed by atoms with Crippen molar-refractivity contribution in [2.24, 2.45) is 0 Å². The van der Waals surface area contributed by atoms with Gasteiger partial charge in [0, 0.05) is 5.02 Å². The molecule has 0 radical (unpaired) electrons. The zero-order valence-corrected chi connectivity index (χ0v) is 14.8. The molecule has 1 N–H and O–H groups in total. The molecule has 128 valence electrons. The third kappa shape index (κ3) is 4.22. The highest BCUT2D eigenvalue weighted by Crippen LogP contribution is 2.27. The Kier molecular flexibility index (Phi) is 4.85. The van der Waals surface area contributed by atoms with Crippen LogP contribution in [0.25, 0.3) is 6.08 Å². The monoisotopic (exact) mass is 395 g/mol. The van der Waals surface area contributed by atoms with Crippen molar-refractivity contribution in [3.63, 3.8) is 0 Å². The number of nitrogens with one attached hydrogen (secondary N) is 1. The summed E-state index contributed by atoms with van der Waals surface area (Å²) in [6.45, 7) is 0. The Bertz CT molecular complexity index is 984. The predicted octanol–water partition coefficient (Wildman–Crippen LogP) is 3.43. The molecule has 1 heterocycles. The minimum Gasteiger partial charge on any atom is -0.379 e. The van der Waals surface area contributed by atoms with Crippen LogP contribution < -0.4 is 9.50 Å². The fraction of sp³-hybridized carbons (Fsp3) is 0. The molecular weight excluding hydrogens is 386 g/mol. The van der Waals surface area contributed by atoms with Gasteiger partial charge in [0.05, 0.1) is 4.91 Å². The lowest BCUT2D eigenvalue weighted by atomic mass is 10.2. The number of carbonyl (C=O) groups is 2. The number of hydrogen-bond acceptors (Lipinski definition) is 6. The Morgan fingerprint density at radius 1 is 1.08 bits per heavy atom. The number of halogens is 1. The average molecular weight is 396 g/mol. The van der Waals surface area contributed by atoms with Crippen molar-refractivity contribution in [1.29, 1.82) is 0 Å². The van der Waals surface area contributed by atoms with E-state index in [4.69, 9.17) is 15.8 Å². The van der Waals surface area contributed by atoms with E-state index in [1.54, 1.807) is 12.1 Å². The van der Waals surface area contributed by atoms with E-state index in [0.717, 1.165) is 11.8 Å². The summed E-state index contributed by atoms with van der Waals surface area (Å²) < 4.78 is 29.6. The molecule has 0 aliphatic carbocycles. The van der Waals surface area contributed by atoms with Crippen molar-refractivity contribution in [2.75, 3.05) is 0 Å². The molecule has 0 saturated carbocycles. The molecule has 3 rings (SSSR count). The molecule has 0 spiro atoms. The predicted molar refractivity (Wildman–Crippen MR) is 94.8 cm³/mol. The third-order valence-corrected chi connectivity index (χ3v) is 5.43. The number of amides is 2. The molecular formula is C16H10ClNO5S2. The number of imide groups is 1. The number of carbonyl (C=O) groups excluding carboxylic acids is 2. The molecule has 2 aromatic rings. The topological polar surface area (TPSA) is 89.5 Å². The Labute approximate surface area is 153 Å². The van der Waals surface area contributed by atoms with Crippen LogP contribution >= 0.6 is 23.4 Å². The molecule has 2 aromatic carbocycles. The van der Waals surface area contributed by atoms with E-state index >= 15 is 0 Å². The van der Waals surface area contributed by atoms with E-state index < -0.39 is 21.3 Å². The molecule has 1 aliphatic heterocycles. The first kappa shape index (κ1) is 17.5. The third-order valence-electron chi connectivity index (χ3n) is 3.11. The Morgan fingerprint density at radius 3 is 2.44 bits per heavy atom. The van der Waals surface area contributed by atoms with Crippen LogP contribution in [0.5, 0.6) is 5.75 Å². The Balaban J connectivity index is 1.85. The van der Waals surface area contributed by atoms with Gasteiger partial charge in [0.1, 0.15) is 10.6 Å². The second-order valence-electron chi connectivity index (χ2n) is 4.92. The highest BCUT2D eigenvalue weighted by atomic mass is 35.5. The maximum Gasteiger partial charge on any atom is 0.339 e. The molecule has 1 fully saturated rings. The SMILES string of the molecule is O=C1NC(=O)/C(=C/c2cccc(OS(=O)(=O)c3ccc(Cl)cc3)c2)S1. The summed E-state index contributed by atoms with van der Waals surface area (Å²) in [7, 11) is -4.01. The van der Waals surface area contributed by atoms with Crippen LogP contribution in [-0.4, -0.2) is 19.6 Å². The lowest BCUT2D eigenvalue weighted by Gasteiger charge is -2.07. The van der Waals surface area contributed by atoms with Crippen molar-refractivity contribution >= 4 is 50.7 Å². The maximum atomic E-state index is 12.3. The lowest BCUT2D eigenvalue weighted by Crippen LogP contribution is -2.17. The molecule has 0 bridgehead atoms. The first-order valence-electron chi connectivity index (χ1n) is 6.88. The summed E-state index contributed by atoms with van der Waals surface area (Å²) in [6.07, 6.45) is 1.48. The summed E-state index contributed by atoms with van der Waals surface area (Å²) in [5.74, 6) is -0.408. The molecule has 1 saturated heterocycles. The van der Waals surface area contributed by atoms with E-state index in [1.165, 1.54) is 42.5 Å². The van der Waals surface area contributed by atoms with Crippen LogP contribution in [0, 0.1) is 0 Å². The normalized spacial score (nSPS) is 16.1. The minimum absolute atomic E-state index is 0.0306. The van der Waals surface area contributed by atoms with Gasteiger partial charge < -0.3 is 4.18 Å². The fourth-order valence-electron chi connectivity index (χ4n) is 2.00. The summed E-state index contributed by atoms with van der Waals surface area (Å²) in [5.41, 5.74) is 0.524. The van der Waals surface area contributed by atoms with Crippen LogP contribution in [0.15, 0.2) is 58.3 Å². The van der Waals surface area contributed by atoms with E-state index in [1.807, 2.05) is 0 Å². The van der Waals surface area contributed by atoms with Gasteiger partial charge in [-0.1, -0.05) is 23.7 Å². The molecule has 25 heavy (non-hydrogen) atoms. The van der Waals surface area contributed by atoms with Gasteiger partial charge in [-0.05, 0) is 59.8 Å². The van der Waals surface area contributed by atoms with Crippen molar-refractivity contribution in [1.82, 2.24) is 5.32 Å². The van der Waals surface area contributed by atoms with Crippen molar-refractivity contribution in [3.05, 3.63) is 64.0 Å². The van der Waals surface area contributed by atoms with Crippen LogP contribution in [0.1, 0.15) is 5.56 Å². The van der Waals surface area contributed by atoms with Crippen LogP contribution in [0.4, 0.5) is 4.79 Å². The molecule has 9 heteroatoms. The van der Waals surface area contributed by atoms with Gasteiger partial charge in [-0.3, -0.25) is 14.9 Å². The summed E-state index contributed by atoms with van der Waals surface area (Å²) >= 11 is 6.52. The largest absolute Gasteiger partial charge is 0.379 e. The summed E-state index contributed by atoms with van der Waals surface area (Å²) in [6, 6.07) is 11.8. The van der Waals surface area contributed by atoms with Crippen LogP contribution in [-0.2, 0) is 14.9 Å². The van der Waals surface area contributed by atoms with Gasteiger partial charge >= 0.3 is 10.1 Å². The standard InChI is InChI=1S/C16H10ClNO5S2/c17-11-4-6-13(7-5-11)25(21,22)23-12-3-1-2-10(8-12)9-14-15(19)18-16(20)24-14/h1-9H,(H,18,19,20)/b14-9-. The number of thioether (sulfide) groups is 1. The second-order valence-corrected chi connectivity index (χ2v) is 7.91. The zero-order valence-electron chi connectivity index (χ0n) is 12.4. The minimum atomic E-state index is -4.01. The van der Waals surface area contributed by atoms with Crippen molar-refractivity contribution in [2.45, 2.75) is 4.90 Å². The smallest absolute Gasteiger partial charge is 0.339 e. The molecule has 0 aromatic heterocycles. The van der Waals surface area contributed by atoms with E-state index in [-0.39, 0.29) is 15.6 Å². The van der Waals surface area contributed by atoms with E-state index in [9.17, 15) is 18.0 Å². The number of benzene rings is 2. The highest BCUT2D eigenvalue weighted by Gasteiger charge is 2.25. The van der Waals surface area contributed by atoms with Gasteiger partial charge in [-0.25, -0.2) is 0 Å². The molecule has 6 nitrogen and oxygen atoms in total.